The van der Waals surface area contributed by atoms with Crippen molar-refractivity contribution in [3.05, 3.63) is 33.4 Å². The van der Waals surface area contributed by atoms with Gasteiger partial charge >= 0.3 is 6.03 Å². The van der Waals surface area contributed by atoms with Crippen molar-refractivity contribution in [2.45, 2.75) is 51.2 Å². The average Bonchev–Trinajstić information content (AvgIpc) is 3.11. The molecule has 2 heterocycles. The normalized spacial score (nSPS) is 15.4. The number of rotatable bonds is 10. The summed E-state index contributed by atoms with van der Waals surface area (Å²) in [5, 5.41) is 6.10. The molecule has 1 aliphatic rings. The van der Waals surface area contributed by atoms with Crippen LogP contribution in [0.5, 0.6) is 0 Å². The first-order valence-electron chi connectivity index (χ1n) is 10.9. The minimum atomic E-state index is -0.543. The summed E-state index contributed by atoms with van der Waals surface area (Å²) in [5.74, 6) is 0.133. The Morgan fingerprint density at radius 1 is 1.44 bits per heavy atom. The second-order valence-corrected chi connectivity index (χ2v) is 9.80. The monoisotopic (exact) mass is 478 g/mol. The Morgan fingerprint density at radius 3 is 3.00 bits per heavy atom. The molecule has 174 valence electrons. The van der Waals surface area contributed by atoms with Crippen LogP contribution in [0.2, 0.25) is 0 Å². The van der Waals surface area contributed by atoms with E-state index in [9.17, 15) is 14.4 Å². The van der Waals surface area contributed by atoms with Crippen molar-refractivity contribution in [3.63, 3.8) is 0 Å². The molecule has 0 saturated heterocycles. The smallest absolute Gasteiger partial charge is 0.321 e. The lowest BCUT2D eigenvalue weighted by atomic mass is 9.89. The van der Waals surface area contributed by atoms with Crippen LogP contribution in [-0.2, 0) is 28.9 Å². The average molecular weight is 479 g/mol. The van der Waals surface area contributed by atoms with Crippen LogP contribution in [0.3, 0.4) is 0 Å². The summed E-state index contributed by atoms with van der Waals surface area (Å²) in [6.45, 7) is 9.81. The summed E-state index contributed by atoms with van der Waals surface area (Å²) < 4.78 is 6.77. The first-order valence-corrected chi connectivity index (χ1v) is 12.7. The van der Waals surface area contributed by atoms with Gasteiger partial charge in [-0.15, -0.1) is 17.9 Å². The van der Waals surface area contributed by atoms with Crippen molar-refractivity contribution in [2.24, 2.45) is 5.92 Å². The molecule has 0 aromatic carbocycles. The number of allylic oxidation sites excluding steroid dienone is 1. The first-order chi connectivity index (χ1) is 15.4. The number of fused-ring (bicyclic) bond motifs is 3. The SMILES string of the molecule is C=CCn1c(SCC(=O)NC(=O)NCCCOCC)nc2sc3c(c2c1=O)CCC(C)C3. The van der Waals surface area contributed by atoms with Crippen LogP contribution in [0, 0.1) is 5.92 Å². The van der Waals surface area contributed by atoms with E-state index >= 15 is 0 Å². The van der Waals surface area contributed by atoms with Crippen LogP contribution in [-0.4, -0.2) is 47.0 Å². The Hall–Kier alpha value is -2.17. The van der Waals surface area contributed by atoms with Crippen molar-refractivity contribution >= 4 is 45.3 Å². The van der Waals surface area contributed by atoms with Gasteiger partial charge in [0.25, 0.3) is 5.56 Å². The van der Waals surface area contributed by atoms with Crippen molar-refractivity contribution in [1.82, 2.24) is 20.2 Å². The number of thioether (sulfide) groups is 1. The maximum atomic E-state index is 13.3. The molecule has 3 amide bonds. The highest BCUT2D eigenvalue weighted by Crippen LogP contribution is 2.36. The number of hydrogen-bond donors (Lipinski definition) is 2. The molecule has 0 fully saturated rings. The number of aromatic nitrogens is 2. The number of carbonyl (C=O) groups excluding carboxylic acids is 2. The largest absolute Gasteiger partial charge is 0.382 e. The fraction of sp³-hybridized carbons (Fsp3) is 0.545. The van der Waals surface area contributed by atoms with E-state index < -0.39 is 11.9 Å². The third kappa shape index (κ3) is 5.99. The van der Waals surface area contributed by atoms with Gasteiger partial charge in [0, 0.05) is 31.2 Å². The van der Waals surface area contributed by atoms with Gasteiger partial charge < -0.3 is 10.1 Å². The van der Waals surface area contributed by atoms with Gasteiger partial charge in [0.1, 0.15) is 4.83 Å². The number of amides is 3. The Balaban J connectivity index is 1.68. The quantitative estimate of drug-likeness (QED) is 0.235. The van der Waals surface area contributed by atoms with Gasteiger partial charge in [-0.05, 0) is 44.1 Å². The number of nitrogens with zero attached hydrogens (tertiary/aromatic N) is 2. The Kier molecular flexibility index (Phi) is 8.89. The highest BCUT2D eigenvalue weighted by atomic mass is 32.2. The standard InChI is InChI=1S/C22H30N4O4S2/c1-4-10-26-20(28)18-15-8-7-14(3)12-16(15)32-19(18)25-22(26)31-13-17(27)24-21(29)23-9-6-11-30-5-2/h4,14H,1,5-13H2,2-3H3,(H2,23,24,27,29). The molecular weight excluding hydrogens is 448 g/mol. The topological polar surface area (TPSA) is 102 Å². The molecule has 10 heteroatoms. The molecule has 1 aliphatic carbocycles. The van der Waals surface area contributed by atoms with Gasteiger partial charge in [-0.3, -0.25) is 19.5 Å². The highest BCUT2D eigenvalue weighted by molar-refractivity contribution is 7.99. The summed E-state index contributed by atoms with van der Waals surface area (Å²) in [5.41, 5.74) is 1.05. The second kappa shape index (κ2) is 11.6. The van der Waals surface area contributed by atoms with Gasteiger partial charge in [0.05, 0.1) is 11.1 Å². The van der Waals surface area contributed by atoms with E-state index in [1.165, 1.54) is 4.88 Å². The molecule has 0 bridgehead atoms. The molecule has 3 rings (SSSR count). The van der Waals surface area contributed by atoms with Crippen LogP contribution < -0.4 is 16.2 Å². The van der Waals surface area contributed by atoms with Crippen LogP contribution in [0.25, 0.3) is 10.2 Å². The molecule has 8 nitrogen and oxygen atoms in total. The van der Waals surface area contributed by atoms with E-state index in [1.54, 1.807) is 22.0 Å². The third-order valence-electron chi connectivity index (χ3n) is 5.23. The number of urea groups is 1. The fourth-order valence-electron chi connectivity index (χ4n) is 3.66. The highest BCUT2D eigenvalue weighted by Gasteiger charge is 2.24. The number of aryl methyl sites for hydroxylation is 1. The molecule has 2 aromatic rings. The fourth-order valence-corrected chi connectivity index (χ4v) is 5.90. The van der Waals surface area contributed by atoms with Gasteiger partial charge in [-0.2, -0.15) is 0 Å². The Bertz CT molecular complexity index is 1050. The summed E-state index contributed by atoms with van der Waals surface area (Å²) in [4.78, 5) is 44.0. The van der Waals surface area contributed by atoms with E-state index in [2.05, 4.69) is 24.1 Å². The van der Waals surface area contributed by atoms with Gasteiger partial charge in [-0.25, -0.2) is 9.78 Å². The third-order valence-corrected chi connectivity index (χ3v) is 7.36. The summed E-state index contributed by atoms with van der Waals surface area (Å²) in [6, 6.07) is -0.543. The molecule has 2 N–H and O–H groups in total. The molecule has 0 saturated carbocycles. The van der Waals surface area contributed by atoms with Gasteiger partial charge in [-0.1, -0.05) is 24.8 Å². The van der Waals surface area contributed by atoms with E-state index in [-0.39, 0.29) is 11.3 Å². The Morgan fingerprint density at radius 2 is 2.25 bits per heavy atom. The van der Waals surface area contributed by atoms with E-state index in [0.717, 1.165) is 41.4 Å². The minimum absolute atomic E-state index is 0.0242. The number of nitrogens with one attached hydrogen (secondary N) is 2. The Labute approximate surface area is 195 Å². The van der Waals surface area contributed by atoms with Crippen molar-refractivity contribution < 1.29 is 14.3 Å². The molecule has 32 heavy (non-hydrogen) atoms. The molecule has 0 radical (unpaired) electrons. The number of ether oxygens (including phenoxy) is 1. The van der Waals surface area contributed by atoms with Crippen molar-refractivity contribution in [1.29, 1.82) is 0 Å². The second-order valence-electron chi connectivity index (χ2n) is 7.77. The molecule has 2 aromatic heterocycles. The van der Waals surface area contributed by atoms with Crippen LogP contribution >= 0.6 is 23.1 Å². The van der Waals surface area contributed by atoms with E-state index in [4.69, 9.17) is 9.72 Å². The van der Waals surface area contributed by atoms with Crippen LogP contribution in [0.1, 0.15) is 37.1 Å². The number of carbonyl (C=O) groups is 2. The molecule has 0 aliphatic heterocycles. The zero-order chi connectivity index (χ0) is 23.1. The maximum absolute atomic E-state index is 13.3. The zero-order valence-corrected chi connectivity index (χ0v) is 20.2. The van der Waals surface area contributed by atoms with Crippen LogP contribution in [0.15, 0.2) is 22.6 Å². The summed E-state index contributed by atoms with van der Waals surface area (Å²) in [6.07, 6.45) is 5.27. The summed E-state index contributed by atoms with van der Waals surface area (Å²) in [7, 11) is 0. The molecular formula is C22H30N4O4S2. The van der Waals surface area contributed by atoms with Crippen LogP contribution in [0.4, 0.5) is 4.79 Å². The predicted molar refractivity (Wildman–Crippen MR) is 129 cm³/mol. The number of hydrogen-bond acceptors (Lipinski definition) is 7. The van der Waals surface area contributed by atoms with Crippen molar-refractivity contribution in [2.75, 3.05) is 25.5 Å². The molecule has 0 spiro atoms. The minimum Gasteiger partial charge on any atom is -0.382 e. The predicted octanol–water partition coefficient (Wildman–Crippen LogP) is 3.11. The van der Waals surface area contributed by atoms with Crippen molar-refractivity contribution in [3.8, 4) is 0 Å². The lowest BCUT2D eigenvalue weighted by Crippen LogP contribution is -2.41. The number of thiophene rings is 1. The summed E-state index contributed by atoms with van der Waals surface area (Å²) >= 11 is 2.73. The maximum Gasteiger partial charge on any atom is 0.321 e. The molecule has 1 unspecified atom stereocenters. The van der Waals surface area contributed by atoms with E-state index in [0.29, 0.717) is 49.2 Å². The lowest BCUT2D eigenvalue weighted by Gasteiger charge is -2.17. The number of imide groups is 1. The van der Waals surface area contributed by atoms with Gasteiger partial charge in [0.2, 0.25) is 5.91 Å². The van der Waals surface area contributed by atoms with Gasteiger partial charge in [0.15, 0.2) is 5.16 Å². The first kappa shape index (κ1) is 24.5. The van der Waals surface area contributed by atoms with E-state index in [1.807, 2.05) is 6.92 Å². The lowest BCUT2D eigenvalue weighted by molar-refractivity contribution is -0.117. The molecule has 1 atom stereocenters. The zero-order valence-electron chi connectivity index (χ0n) is 18.6.